The van der Waals surface area contributed by atoms with Crippen molar-refractivity contribution in [2.24, 2.45) is 0 Å². The van der Waals surface area contributed by atoms with Crippen LogP contribution in [0.2, 0.25) is 0 Å². The van der Waals surface area contributed by atoms with Crippen LogP contribution in [0.4, 0.5) is 0 Å². The van der Waals surface area contributed by atoms with E-state index in [2.05, 4.69) is 86.0 Å². The fourth-order valence-electron chi connectivity index (χ4n) is 4.22. The maximum atomic E-state index is 5.92. The average Bonchev–Trinajstić information content (AvgIpc) is 3.61. The number of rotatable bonds is 14. The molecule has 1 saturated carbocycles. The number of hydrogen-bond donors (Lipinski definition) is 0. The van der Waals surface area contributed by atoms with Gasteiger partial charge in [0.15, 0.2) is 0 Å². The Morgan fingerprint density at radius 2 is 0.968 bits per heavy atom. The van der Waals surface area contributed by atoms with E-state index >= 15 is 0 Å². The molecular weight excluding hydrogens is 384 g/mol. The lowest BCUT2D eigenvalue weighted by molar-refractivity contribution is 0.222. The Kier molecular flexibility index (Phi) is 9.23. The topological polar surface area (TPSA) is 24.9 Å². The quantitative estimate of drug-likeness (QED) is 0.405. The summed E-state index contributed by atoms with van der Waals surface area (Å²) in [4.78, 5) is 4.76. The third kappa shape index (κ3) is 6.98. The first-order chi connectivity index (χ1) is 15.2. The molecule has 0 aliphatic heterocycles. The summed E-state index contributed by atoms with van der Waals surface area (Å²) in [7, 11) is 0. The molecule has 0 spiro atoms. The number of ether oxygens (including phenoxy) is 2. The molecule has 0 bridgehead atoms. The molecule has 0 radical (unpaired) electrons. The molecule has 0 aromatic heterocycles. The van der Waals surface area contributed by atoms with Crippen LogP contribution in [0, 0.1) is 0 Å². The minimum Gasteiger partial charge on any atom is -0.492 e. The highest BCUT2D eigenvalue weighted by atomic mass is 16.5. The van der Waals surface area contributed by atoms with Crippen molar-refractivity contribution in [3.05, 3.63) is 59.7 Å². The van der Waals surface area contributed by atoms with Crippen LogP contribution in [0.3, 0.4) is 0 Å². The molecule has 2 atom stereocenters. The van der Waals surface area contributed by atoms with Crippen LogP contribution in [-0.2, 0) is 0 Å². The van der Waals surface area contributed by atoms with Gasteiger partial charge in [-0.25, -0.2) is 0 Å². The summed E-state index contributed by atoms with van der Waals surface area (Å²) in [6, 6.07) is 17.5. The summed E-state index contributed by atoms with van der Waals surface area (Å²) >= 11 is 0. The van der Waals surface area contributed by atoms with E-state index in [4.69, 9.17) is 9.47 Å². The molecule has 0 saturated heterocycles. The number of nitrogens with zero attached hydrogens (tertiary/aromatic N) is 2. The van der Waals surface area contributed by atoms with E-state index in [1.165, 1.54) is 17.5 Å². The van der Waals surface area contributed by atoms with Gasteiger partial charge in [0.2, 0.25) is 0 Å². The molecule has 0 heterocycles. The lowest BCUT2D eigenvalue weighted by Gasteiger charge is -2.18. The second kappa shape index (κ2) is 12.1. The second-order valence-corrected chi connectivity index (χ2v) is 8.34. The molecule has 2 aromatic carbocycles. The zero-order chi connectivity index (χ0) is 22.1. The first kappa shape index (κ1) is 23.6. The molecule has 1 aliphatic carbocycles. The normalized spacial score (nSPS) is 17.9. The predicted molar refractivity (Wildman–Crippen MR) is 130 cm³/mol. The summed E-state index contributed by atoms with van der Waals surface area (Å²) in [5.74, 6) is 3.19. The van der Waals surface area contributed by atoms with Crippen molar-refractivity contribution >= 4 is 0 Å². The standard InChI is InChI=1S/C27H40N2O2/c1-5-28(6-2)17-19-30-24-13-9-22(10-14-24)26-21-27(26)23-11-15-25(16-12-23)31-20-18-29(7-3)8-4/h9-16,26-27H,5-8,17-21H2,1-4H3. The fraction of sp³-hybridized carbons (Fsp3) is 0.556. The minimum absolute atomic E-state index is 0.624. The van der Waals surface area contributed by atoms with Crippen LogP contribution >= 0.6 is 0 Å². The summed E-state index contributed by atoms with van der Waals surface area (Å²) in [6.45, 7) is 16.5. The predicted octanol–water partition coefficient (Wildman–Crippen LogP) is 5.40. The molecule has 0 amide bonds. The Balaban J connectivity index is 1.44. The summed E-state index contributed by atoms with van der Waals surface area (Å²) in [5, 5.41) is 0. The van der Waals surface area contributed by atoms with Crippen molar-refractivity contribution < 1.29 is 9.47 Å². The van der Waals surface area contributed by atoms with E-state index < -0.39 is 0 Å². The van der Waals surface area contributed by atoms with Crippen LogP contribution in [-0.4, -0.2) is 62.3 Å². The van der Waals surface area contributed by atoms with Gasteiger partial charge in [-0.1, -0.05) is 52.0 Å². The number of benzene rings is 2. The molecule has 1 fully saturated rings. The largest absolute Gasteiger partial charge is 0.492 e. The van der Waals surface area contributed by atoms with E-state index in [-0.39, 0.29) is 0 Å². The number of likely N-dealkylation sites (N-methyl/N-ethyl adjacent to an activating group) is 2. The van der Waals surface area contributed by atoms with Crippen molar-refractivity contribution in [3.8, 4) is 11.5 Å². The lowest BCUT2D eigenvalue weighted by atomic mass is 10.0. The van der Waals surface area contributed by atoms with Gasteiger partial charge in [0.25, 0.3) is 0 Å². The second-order valence-electron chi connectivity index (χ2n) is 8.34. The van der Waals surface area contributed by atoms with Crippen LogP contribution in [0.15, 0.2) is 48.5 Å². The molecule has 170 valence electrons. The van der Waals surface area contributed by atoms with E-state index in [0.717, 1.165) is 64.0 Å². The van der Waals surface area contributed by atoms with Crippen molar-refractivity contribution in [1.82, 2.24) is 9.80 Å². The Hall–Kier alpha value is -2.04. The highest BCUT2D eigenvalue weighted by Gasteiger charge is 2.39. The summed E-state index contributed by atoms with van der Waals surface area (Å²) < 4.78 is 11.8. The van der Waals surface area contributed by atoms with Gasteiger partial charge in [0.05, 0.1) is 0 Å². The Bertz CT molecular complexity index is 686. The Morgan fingerprint density at radius 3 is 1.29 bits per heavy atom. The maximum absolute atomic E-state index is 5.92. The van der Waals surface area contributed by atoms with E-state index in [9.17, 15) is 0 Å². The highest BCUT2D eigenvalue weighted by molar-refractivity contribution is 5.40. The smallest absolute Gasteiger partial charge is 0.119 e. The molecule has 2 unspecified atom stereocenters. The minimum atomic E-state index is 0.624. The van der Waals surface area contributed by atoms with Gasteiger partial charge in [0.1, 0.15) is 24.7 Å². The molecule has 1 aliphatic rings. The van der Waals surface area contributed by atoms with Gasteiger partial charge in [-0.2, -0.15) is 0 Å². The fourth-order valence-corrected chi connectivity index (χ4v) is 4.22. The third-order valence-corrected chi connectivity index (χ3v) is 6.55. The first-order valence-electron chi connectivity index (χ1n) is 12.1. The van der Waals surface area contributed by atoms with Gasteiger partial charge < -0.3 is 19.3 Å². The first-order valence-corrected chi connectivity index (χ1v) is 12.1. The van der Waals surface area contributed by atoms with E-state index in [1.807, 2.05) is 0 Å². The Morgan fingerprint density at radius 1 is 0.613 bits per heavy atom. The SMILES string of the molecule is CCN(CC)CCOc1ccc(C2CC2c2ccc(OCCN(CC)CC)cc2)cc1. The Labute approximate surface area is 189 Å². The molecular formula is C27H40N2O2. The van der Waals surface area contributed by atoms with Crippen LogP contribution in [0.5, 0.6) is 11.5 Å². The van der Waals surface area contributed by atoms with Crippen molar-refractivity contribution in [2.45, 2.75) is 46.0 Å². The van der Waals surface area contributed by atoms with Crippen molar-refractivity contribution in [1.29, 1.82) is 0 Å². The van der Waals surface area contributed by atoms with Gasteiger partial charge in [-0.15, -0.1) is 0 Å². The molecule has 3 rings (SSSR count). The molecule has 31 heavy (non-hydrogen) atoms. The average molecular weight is 425 g/mol. The lowest BCUT2D eigenvalue weighted by Crippen LogP contribution is -2.27. The summed E-state index contributed by atoms with van der Waals surface area (Å²) in [5.41, 5.74) is 2.83. The zero-order valence-corrected chi connectivity index (χ0v) is 19.8. The van der Waals surface area contributed by atoms with Gasteiger partial charge >= 0.3 is 0 Å². The van der Waals surface area contributed by atoms with E-state index in [0.29, 0.717) is 11.8 Å². The monoisotopic (exact) mass is 424 g/mol. The van der Waals surface area contributed by atoms with E-state index in [1.54, 1.807) is 0 Å². The van der Waals surface area contributed by atoms with Crippen LogP contribution in [0.25, 0.3) is 0 Å². The van der Waals surface area contributed by atoms with Gasteiger partial charge in [0, 0.05) is 13.1 Å². The highest BCUT2D eigenvalue weighted by Crippen LogP contribution is 2.54. The molecule has 2 aromatic rings. The van der Waals surface area contributed by atoms with Gasteiger partial charge in [-0.05, 0) is 79.8 Å². The summed E-state index contributed by atoms with van der Waals surface area (Å²) in [6.07, 6.45) is 1.23. The molecule has 4 heteroatoms. The third-order valence-electron chi connectivity index (χ3n) is 6.55. The molecule has 0 N–H and O–H groups in total. The molecule has 4 nitrogen and oxygen atoms in total. The maximum Gasteiger partial charge on any atom is 0.119 e. The van der Waals surface area contributed by atoms with Gasteiger partial charge in [-0.3, -0.25) is 0 Å². The van der Waals surface area contributed by atoms with Crippen molar-refractivity contribution in [2.75, 3.05) is 52.5 Å². The zero-order valence-electron chi connectivity index (χ0n) is 19.8. The van der Waals surface area contributed by atoms with Crippen LogP contribution in [0.1, 0.15) is 57.1 Å². The number of hydrogen-bond acceptors (Lipinski definition) is 4. The van der Waals surface area contributed by atoms with Crippen LogP contribution < -0.4 is 9.47 Å². The van der Waals surface area contributed by atoms with Crippen molar-refractivity contribution in [3.63, 3.8) is 0 Å².